The molecule has 0 saturated carbocycles. The normalized spacial score (nSPS) is 13.8. The van der Waals surface area contributed by atoms with Gasteiger partial charge in [0.05, 0.1) is 12.3 Å². The van der Waals surface area contributed by atoms with E-state index in [9.17, 15) is 9.67 Å². The molecule has 2 aromatic rings. The molecule has 0 radical (unpaired) electrons. The second kappa shape index (κ2) is 4.59. The third-order valence-corrected chi connectivity index (χ3v) is 3.39. The Morgan fingerprint density at radius 3 is 2.35 bits per heavy atom. The van der Waals surface area contributed by atoms with Crippen LogP contribution in [0.3, 0.4) is 0 Å². The largest absolute Gasteiger partial charge is 0.388 e. The van der Waals surface area contributed by atoms with Gasteiger partial charge in [-0.05, 0) is 22.4 Å². The van der Waals surface area contributed by atoms with Crippen LogP contribution in [0.25, 0.3) is 10.8 Å². The summed E-state index contributed by atoms with van der Waals surface area (Å²) in [5.74, 6) is 0. The van der Waals surface area contributed by atoms with Crippen LogP contribution in [-0.2, 0) is 4.57 Å². The summed E-state index contributed by atoms with van der Waals surface area (Å²) >= 11 is 0. The van der Waals surface area contributed by atoms with Crippen LogP contribution in [0.2, 0.25) is 0 Å². The van der Waals surface area contributed by atoms with E-state index in [-0.39, 0.29) is 0 Å². The minimum Gasteiger partial charge on any atom is -0.388 e. The number of aliphatic hydroxyl groups is 1. The second-order valence-corrected chi connectivity index (χ2v) is 5.66. The summed E-state index contributed by atoms with van der Waals surface area (Å²) in [6.07, 6.45) is -1.69. The molecule has 0 aliphatic rings. The maximum Gasteiger partial charge on any atom is 0.328 e. The minimum atomic E-state index is -4.20. The van der Waals surface area contributed by atoms with Crippen LogP contribution < -0.4 is 0 Å². The van der Waals surface area contributed by atoms with Crippen LogP contribution in [0.1, 0.15) is 11.7 Å². The van der Waals surface area contributed by atoms with Crippen LogP contribution in [0.5, 0.6) is 0 Å². The minimum absolute atomic E-state index is 0.520. The summed E-state index contributed by atoms with van der Waals surface area (Å²) in [5, 5.41) is 11.7. The highest BCUT2D eigenvalue weighted by Crippen LogP contribution is 2.39. The summed E-state index contributed by atoms with van der Waals surface area (Å²) in [7, 11) is -4.20. The van der Waals surface area contributed by atoms with Gasteiger partial charge < -0.3 is 14.9 Å². The number of aliphatic hydroxyl groups excluding tert-OH is 1. The number of rotatable bonds is 3. The number of fused-ring (bicyclic) bond motifs is 1. The van der Waals surface area contributed by atoms with Gasteiger partial charge in [0, 0.05) is 0 Å². The second-order valence-electron chi connectivity index (χ2n) is 3.97. The molecule has 17 heavy (non-hydrogen) atoms. The van der Waals surface area contributed by atoms with E-state index in [2.05, 4.69) is 0 Å². The van der Waals surface area contributed by atoms with E-state index in [4.69, 9.17) is 9.79 Å². The summed E-state index contributed by atoms with van der Waals surface area (Å²) < 4.78 is 10.8. The molecule has 0 spiro atoms. The third-order valence-electron chi connectivity index (χ3n) is 2.57. The smallest absolute Gasteiger partial charge is 0.328 e. The Kier molecular flexibility index (Phi) is 3.31. The highest BCUT2D eigenvalue weighted by Gasteiger charge is 2.20. The highest BCUT2D eigenvalue weighted by atomic mass is 31.2. The summed E-state index contributed by atoms with van der Waals surface area (Å²) in [5.41, 5.74) is 0.520. The van der Waals surface area contributed by atoms with E-state index in [1.165, 1.54) is 0 Å². The zero-order valence-corrected chi connectivity index (χ0v) is 9.92. The van der Waals surface area contributed by atoms with Gasteiger partial charge in [0.2, 0.25) is 0 Å². The van der Waals surface area contributed by atoms with Gasteiger partial charge in [-0.25, -0.2) is 0 Å². The van der Waals surface area contributed by atoms with E-state index in [0.717, 1.165) is 10.8 Å². The van der Waals surface area contributed by atoms with Gasteiger partial charge >= 0.3 is 7.60 Å². The lowest BCUT2D eigenvalue weighted by atomic mass is 10.0. The van der Waals surface area contributed by atoms with Crippen molar-refractivity contribution < 1.29 is 19.5 Å². The summed E-state index contributed by atoms with van der Waals surface area (Å²) in [4.78, 5) is 17.6. The van der Waals surface area contributed by atoms with E-state index in [1.807, 2.05) is 30.3 Å². The monoisotopic (exact) mass is 252 g/mol. The van der Waals surface area contributed by atoms with Crippen molar-refractivity contribution in [3.8, 4) is 0 Å². The molecule has 90 valence electrons. The first-order chi connectivity index (χ1) is 7.96. The van der Waals surface area contributed by atoms with Gasteiger partial charge in [-0.2, -0.15) is 0 Å². The van der Waals surface area contributed by atoms with Crippen molar-refractivity contribution in [2.24, 2.45) is 0 Å². The molecule has 0 aliphatic carbocycles. The molecule has 1 atom stereocenters. The number of hydrogen-bond donors (Lipinski definition) is 3. The fourth-order valence-corrected chi connectivity index (χ4v) is 2.41. The maximum absolute atomic E-state index is 10.8. The Hall–Kier alpha value is -1.19. The topological polar surface area (TPSA) is 77.8 Å². The Morgan fingerprint density at radius 2 is 1.71 bits per heavy atom. The van der Waals surface area contributed by atoms with Crippen molar-refractivity contribution in [3.63, 3.8) is 0 Å². The van der Waals surface area contributed by atoms with Gasteiger partial charge in [0.1, 0.15) is 0 Å². The zero-order valence-electron chi connectivity index (χ0n) is 9.02. The van der Waals surface area contributed by atoms with Crippen LogP contribution in [0.15, 0.2) is 42.5 Å². The van der Waals surface area contributed by atoms with Crippen LogP contribution in [0.4, 0.5) is 0 Å². The molecule has 4 nitrogen and oxygen atoms in total. The molecule has 0 fully saturated rings. The fourth-order valence-electron chi connectivity index (χ4n) is 1.75. The first kappa shape index (κ1) is 12.3. The molecule has 2 rings (SSSR count). The maximum atomic E-state index is 10.8. The van der Waals surface area contributed by atoms with Gasteiger partial charge in [-0.1, -0.05) is 36.4 Å². The summed E-state index contributed by atoms with van der Waals surface area (Å²) in [6, 6.07) is 12.9. The summed E-state index contributed by atoms with van der Waals surface area (Å²) in [6.45, 7) is 0. The van der Waals surface area contributed by atoms with Gasteiger partial charge in [-0.3, -0.25) is 4.57 Å². The van der Waals surface area contributed by atoms with Crippen LogP contribution in [0, 0.1) is 0 Å². The Labute approximate surface area is 98.7 Å². The predicted molar refractivity (Wildman–Crippen MR) is 65.8 cm³/mol. The first-order valence-electron chi connectivity index (χ1n) is 5.17. The molecular weight excluding hydrogens is 239 g/mol. The van der Waals surface area contributed by atoms with Crippen molar-refractivity contribution in [1.82, 2.24) is 0 Å². The molecule has 0 aromatic heterocycles. The molecule has 0 heterocycles. The van der Waals surface area contributed by atoms with Crippen molar-refractivity contribution >= 4 is 18.4 Å². The van der Waals surface area contributed by atoms with Crippen molar-refractivity contribution in [2.75, 3.05) is 6.16 Å². The molecule has 0 saturated heterocycles. The molecule has 2 aromatic carbocycles. The molecule has 1 unspecified atom stereocenters. The van der Waals surface area contributed by atoms with Gasteiger partial charge in [0.15, 0.2) is 0 Å². The van der Waals surface area contributed by atoms with E-state index < -0.39 is 19.9 Å². The molecule has 0 bridgehead atoms. The average Bonchev–Trinajstić information content (AvgIpc) is 2.26. The van der Waals surface area contributed by atoms with Crippen LogP contribution >= 0.6 is 7.60 Å². The van der Waals surface area contributed by atoms with E-state index in [1.54, 1.807) is 12.1 Å². The molecule has 3 N–H and O–H groups in total. The lowest BCUT2D eigenvalue weighted by Gasteiger charge is -2.12. The van der Waals surface area contributed by atoms with Crippen LogP contribution in [-0.4, -0.2) is 21.1 Å². The quantitative estimate of drug-likeness (QED) is 0.730. The van der Waals surface area contributed by atoms with Gasteiger partial charge in [-0.15, -0.1) is 0 Å². The molecular formula is C12H13O4P. The lowest BCUT2D eigenvalue weighted by molar-refractivity contribution is 0.192. The van der Waals surface area contributed by atoms with E-state index in [0.29, 0.717) is 5.56 Å². The van der Waals surface area contributed by atoms with Crippen molar-refractivity contribution in [1.29, 1.82) is 0 Å². The Balaban J connectivity index is 2.33. The molecule has 5 heteroatoms. The predicted octanol–water partition coefficient (Wildman–Crippen LogP) is 2.05. The Bertz CT molecular complexity index is 575. The standard InChI is InChI=1S/C12H13O4P/c13-12(8-17(14,15)16)11-6-5-9-3-1-2-4-10(9)7-11/h1-7,12-13H,8H2,(H2,14,15,16). The zero-order chi connectivity index (χ0) is 12.5. The lowest BCUT2D eigenvalue weighted by Crippen LogP contribution is -2.03. The molecule has 0 aliphatic heterocycles. The number of hydrogen-bond acceptors (Lipinski definition) is 2. The SMILES string of the molecule is O=P(O)(O)CC(O)c1ccc2ccccc2c1. The highest BCUT2D eigenvalue weighted by molar-refractivity contribution is 7.51. The third kappa shape index (κ3) is 3.14. The Morgan fingerprint density at radius 1 is 1.06 bits per heavy atom. The average molecular weight is 252 g/mol. The fraction of sp³-hybridized carbons (Fsp3) is 0.167. The number of benzene rings is 2. The molecule has 0 amide bonds. The van der Waals surface area contributed by atoms with E-state index >= 15 is 0 Å². The van der Waals surface area contributed by atoms with Crippen molar-refractivity contribution in [3.05, 3.63) is 48.0 Å². The first-order valence-corrected chi connectivity index (χ1v) is 6.97. The van der Waals surface area contributed by atoms with Gasteiger partial charge in [0.25, 0.3) is 0 Å². The van der Waals surface area contributed by atoms with Crippen molar-refractivity contribution in [2.45, 2.75) is 6.10 Å².